The van der Waals surface area contributed by atoms with Crippen molar-refractivity contribution in [3.8, 4) is 0 Å². The predicted molar refractivity (Wildman–Crippen MR) is 72.9 cm³/mol. The number of nitro groups is 1. The molecule has 1 aromatic carbocycles. The van der Waals surface area contributed by atoms with Gasteiger partial charge in [0.1, 0.15) is 5.69 Å². The van der Waals surface area contributed by atoms with Crippen LogP contribution in [0.3, 0.4) is 0 Å². The maximum Gasteiger partial charge on any atom is 0.293 e. The number of nitro benzene ring substituents is 1. The monoisotopic (exact) mass is 284 g/mol. The van der Waals surface area contributed by atoms with Crippen LogP contribution >= 0.6 is 0 Å². The Kier molecular flexibility index (Phi) is 3.49. The number of nitrogens with zero attached hydrogens (tertiary/aromatic N) is 2. The summed E-state index contributed by atoms with van der Waals surface area (Å²) < 4.78 is 24.8. The smallest absolute Gasteiger partial charge is 0.266 e. The van der Waals surface area contributed by atoms with Crippen molar-refractivity contribution < 1.29 is 13.3 Å². The summed E-state index contributed by atoms with van der Waals surface area (Å²) in [7, 11) is -2.14. The molecular weight excluding hydrogens is 268 g/mol. The molecule has 0 aromatic heterocycles. The van der Waals surface area contributed by atoms with Crippen molar-refractivity contribution in [3.63, 3.8) is 0 Å². The van der Waals surface area contributed by atoms with Crippen LogP contribution in [0.5, 0.6) is 0 Å². The quantitative estimate of drug-likeness (QED) is 0.613. The van der Waals surface area contributed by atoms with E-state index in [1.165, 1.54) is 20.0 Å². The van der Waals surface area contributed by atoms with Gasteiger partial charge in [-0.15, -0.1) is 0 Å². The SMILES string of the molecule is CCS(=O)(=O)N(C)c1cc(C2CC2)ccc1[N+](=O)[O-]. The molecule has 1 aromatic rings. The van der Waals surface area contributed by atoms with Crippen molar-refractivity contribution in [2.45, 2.75) is 25.7 Å². The lowest BCUT2D eigenvalue weighted by molar-refractivity contribution is -0.384. The summed E-state index contributed by atoms with van der Waals surface area (Å²) in [6.45, 7) is 1.52. The molecule has 104 valence electrons. The fourth-order valence-electron chi connectivity index (χ4n) is 1.96. The molecule has 0 radical (unpaired) electrons. The van der Waals surface area contributed by atoms with Crippen molar-refractivity contribution in [1.29, 1.82) is 0 Å². The lowest BCUT2D eigenvalue weighted by Gasteiger charge is -2.19. The van der Waals surface area contributed by atoms with Gasteiger partial charge in [-0.05, 0) is 37.3 Å². The van der Waals surface area contributed by atoms with E-state index in [9.17, 15) is 18.5 Å². The highest BCUT2D eigenvalue weighted by atomic mass is 32.2. The zero-order valence-corrected chi connectivity index (χ0v) is 11.7. The Morgan fingerprint density at radius 2 is 2.05 bits per heavy atom. The van der Waals surface area contributed by atoms with Gasteiger partial charge in [0.05, 0.1) is 10.7 Å². The number of anilines is 1. The Hall–Kier alpha value is -1.63. The van der Waals surface area contributed by atoms with Crippen molar-refractivity contribution in [3.05, 3.63) is 33.9 Å². The summed E-state index contributed by atoms with van der Waals surface area (Å²) in [5.74, 6) is 0.325. The molecule has 6 nitrogen and oxygen atoms in total. The van der Waals surface area contributed by atoms with Gasteiger partial charge in [-0.1, -0.05) is 6.07 Å². The van der Waals surface area contributed by atoms with Gasteiger partial charge in [-0.3, -0.25) is 14.4 Å². The van der Waals surface area contributed by atoms with E-state index in [4.69, 9.17) is 0 Å². The molecule has 0 spiro atoms. The van der Waals surface area contributed by atoms with E-state index in [2.05, 4.69) is 0 Å². The van der Waals surface area contributed by atoms with E-state index in [-0.39, 0.29) is 17.1 Å². The topological polar surface area (TPSA) is 80.5 Å². The van der Waals surface area contributed by atoms with Crippen LogP contribution in [0, 0.1) is 10.1 Å². The van der Waals surface area contributed by atoms with Gasteiger partial charge >= 0.3 is 0 Å². The Morgan fingerprint density at radius 1 is 1.42 bits per heavy atom. The summed E-state index contributed by atoms with van der Waals surface area (Å²) in [5, 5.41) is 11.0. The second-order valence-electron chi connectivity index (χ2n) is 4.65. The van der Waals surface area contributed by atoms with Crippen LogP contribution in [0.1, 0.15) is 31.2 Å². The third-order valence-corrected chi connectivity index (χ3v) is 5.13. The molecule has 1 fully saturated rings. The van der Waals surface area contributed by atoms with Gasteiger partial charge in [0.25, 0.3) is 5.69 Å². The molecule has 0 unspecified atom stereocenters. The summed E-state index contributed by atoms with van der Waals surface area (Å²) in [6.07, 6.45) is 2.11. The average Bonchev–Trinajstić information content (AvgIpc) is 3.21. The van der Waals surface area contributed by atoms with Gasteiger partial charge in [0, 0.05) is 13.1 Å². The second-order valence-corrected chi connectivity index (χ2v) is 6.94. The van der Waals surface area contributed by atoms with Crippen molar-refractivity contribution >= 4 is 21.4 Å². The first-order valence-corrected chi connectivity index (χ1v) is 7.72. The largest absolute Gasteiger partial charge is 0.293 e. The fourth-order valence-corrected chi connectivity index (χ4v) is 2.79. The molecule has 1 saturated carbocycles. The van der Waals surface area contributed by atoms with Gasteiger partial charge in [-0.25, -0.2) is 8.42 Å². The minimum Gasteiger partial charge on any atom is -0.266 e. The fraction of sp³-hybridized carbons (Fsp3) is 0.500. The molecule has 0 saturated heterocycles. The highest BCUT2D eigenvalue weighted by molar-refractivity contribution is 7.92. The van der Waals surface area contributed by atoms with Crippen LogP contribution in [-0.2, 0) is 10.0 Å². The number of sulfonamides is 1. The molecule has 0 N–H and O–H groups in total. The molecule has 0 aliphatic heterocycles. The zero-order chi connectivity index (χ0) is 14.2. The zero-order valence-electron chi connectivity index (χ0n) is 10.9. The summed E-state index contributed by atoms with van der Waals surface area (Å²) >= 11 is 0. The van der Waals surface area contributed by atoms with Crippen LogP contribution in [-0.4, -0.2) is 26.1 Å². The first-order chi connectivity index (χ1) is 8.86. The highest BCUT2D eigenvalue weighted by Crippen LogP contribution is 2.43. The first-order valence-electron chi connectivity index (χ1n) is 6.11. The van der Waals surface area contributed by atoms with Crippen molar-refractivity contribution in [2.75, 3.05) is 17.1 Å². The third kappa shape index (κ3) is 2.70. The molecule has 7 heteroatoms. The maximum atomic E-state index is 11.9. The Balaban J connectivity index is 2.51. The average molecular weight is 284 g/mol. The van der Waals surface area contributed by atoms with Crippen LogP contribution in [0.15, 0.2) is 18.2 Å². The van der Waals surface area contributed by atoms with Gasteiger partial charge in [0.15, 0.2) is 0 Å². The van der Waals surface area contributed by atoms with Crippen molar-refractivity contribution in [1.82, 2.24) is 0 Å². The maximum absolute atomic E-state index is 11.9. The minimum absolute atomic E-state index is 0.0890. The molecule has 0 atom stereocenters. The summed E-state index contributed by atoms with van der Waals surface area (Å²) in [4.78, 5) is 10.5. The van der Waals surface area contributed by atoms with Gasteiger partial charge < -0.3 is 0 Å². The Morgan fingerprint density at radius 3 is 2.53 bits per heavy atom. The Labute approximate surface area is 112 Å². The number of rotatable bonds is 5. The van der Waals surface area contributed by atoms with Gasteiger partial charge in [-0.2, -0.15) is 0 Å². The highest BCUT2D eigenvalue weighted by Gasteiger charge is 2.29. The van der Waals surface area contributed by atoms with Gasteiger partial charge in [0.2, 0.25) is 10.0 Å². The molecule has 2 rings (SSSR count). The molecular formula is C12H16N2O4S. The first kappa shape index (κ1) is 13.8. The number of benzene rings is 1. The molecule has 0 heterocycles. The molecule has 1 aliphatic carbocycles. The summed E-state index contributed by atoms with van der Waals surface area (Å²) in [6, 6.07) is 4.74. The van der Waals surface area contributed by atoms with Crippen LogP contribution in [0.4, 0.5) is 11.4 Å². The van der Waals surface area contributed by atoms with E-state index >= 15 is 0 Å². The molecule has 1 aliphatic rings. The lowest BCUT2D eigenvalue weighted by atomic mass is 10.1. The van der Waals surface area contributed by atoms with E-state index in [1.54, 1.807) is 12.1 Å². The normalized spacial score (nSPS) is 15.3. The second kappa shape index (κ2) is 4.80. The van der Waals surface area contributed by atoms with E-state index < -0.39 is 14.9 Å². The lowest BCUT2D eigenvalue weighted by Crippen LogP contribution is -2.28. The molecule has 0 bridgehead atoms. The van der Waals surface area contributed by atoms with Crippen LogP contribution in [0.25, 0.3) is 0 Å². The molecule has 0 amide bonds. The predicted octanol–water partition coefficient (Wildman–Crippen LogP) is 2.26. The minimum atomic E-state index is -3.50. The third-order valence-electron chi connectivity index (χ3n) is 3.37. The standard InChI is InChI=1S/C12H16N2O4S/c1-3-19(17,18)13(2)12-8-10(9-4-5-9)6-7-11(12)14(15)16/h6-9H,3-5H2,1-2H3. The van der Waals surface area contributed by atoms with Crippen LogP contribution < -0.4 is 4.31 Å². The van der Waals surface area contributed by atoms with E-state index in [0.717, 1.165) is 22.7 Å². The van der Waals surface area contributed by atoms with E-state index in [1.807, 2.05) is 0 Å². The van der Waals surface area contributed by atoms with E-state index in [0.29, 0.717) is 5.92 Å². The number of hydrogen-bond acceptors (Lipinski definition) is 4. The number of hydrogen-bond donors (Lipinski definition) is 0. The summed E-state index contributed by atoms with van der Waals surface area (Å²) in [5.41, 5.74) is 0.943. The van der Waals surface area contributed by atoms with Crippen LogP contribution in [0.2, 0.25) is 0 Å². The van der Waals surface area contributed by atoms with Crippen molar-refractivity contribution in [2.24, 2.45) is 0 Å². The molecule has 19 heavy (non-hydrogen) atoms. The Bertz CT molecular complexity index is 608.